The van der Waals surface area contributed by atoms with E-state index in [4.69, 9.17) is 9.84 Å². The van der Waals surface area contributed by atoms with E-state index < -0.39 is 11.6 Å². The van der Waals surface area contributed by atoms with E-state index in [0.29, 0.717) is 6.61 Å². The Kier molecular flexibility index (Phi) is 9.14. The van der Waals surface area contributed by atoms with Gasteiger partial charge < -0.3 is 9.84 Å². The van der Waals surface area contributed by atoms with Crippen LogP contribution in [0.25, 0.3) is 0 Å². The number of carboxylic acid groups (broad SMARTS) is 1. The number of hydrogen-bond acceptors (Lipinski definition) is 2. The molecule has 98 valence electrons. The lowest BCUT2D eigenvalue weighted by atomic mass is 10.1. The average molecular weight is 250 g/mol. The number of rotatable bonds is 6. The van der Waals surface area contributed by atoms with E-state index in [0.717, 1.165) is 6.42 Å². The third-order valence-corrected chi connectivity index (χ3v) is 2.10. The van der Waals surface area contributed by atoms with Crippen LogP contribution in [0.15, 0.2) is 0 Å². The Hall–Kier alpha value is -0.140. The fourth-order valence-corrected chi connectivity index (χ4v) is 1.12. The van der Waals surface area contributed by atoms with Crippen molar-refractivity contribution in [2.24, 2.45) is 0 Å². The Labute approximate surface area is 102 Å². The summed E-state index contributed by atoms with van der Waals surface area (Å²) >= 11 is 0. The standard InChI is InChI=1S/C10H21O3P.C2H6/c1-9(2,7-8(11)12)13-6-5-10(3,4)14;1-2/h5-7,14H2,1-4H3,(H,11,12);1-2H3. The Bertz CT molecular complexity index is 195. The van der Waals surface area contributed by atoms with Crippen molar-refractivity contribution in [3.8, 4) is 0 Å². The zero-order valence-electron chi connectivity index (χ0n) is 11.5. The molecule has 1 atom stereocenters. The summed E-state index contributed by atoms with van der Waals surface area (Å²) < 4.78 is 5.52. The van der Waals surface area contributed by atoms with Crippen molar-refractivity contribution >= 4 is 15.2 Å². The van der Waals surface area contributed by atoms with Crippen LogP contribution in [0.5, 0.6) is 0 Å². The van der Waals surface area contributed by atoms with Crippen molar-refractivity contribution < 1.29 is 14.6 Å². The summed E-state index contributed by atoms with van der Waals surface area (Å²) in [6, 6.07) is 0. The minimum absolute atomic E-state index is 0.0459. The van der Waals surface area contributed by atoms with Crippen LogP contribution in [0.1, 0.15) is 54.4 Å². The second kappa shape index (κ2) is 8.03. The highest BCUT2D eigenvalue weighted by molar-refractivity contribution is 7.18. The first-order valence-electron chi connectivity index (χ1n) is 5.77. The molecule has 0 aliphatic carbocycles. The average Bonchev–Trinajstić information content (AvgIpc) is 2.02. The van der Waals surface area contributed by atoms with Crippen LogP contribution in [-0.2, 0) is 9.53 Å². The lowest BCUT2D eigenvalue weighted by Gasteiger charge is -2.26. The summed E-state index contributed by atoms with van der Waals surface area (Å²) in [7, 11) is 2.74. The molecule has 3 nitrogen and oxygen atoms in total. The van der Waals surface area contributed by atoms with Gasteiger partial charge in [-0.2, -0.15) is 0 Å². The van der Waals surface area contributed by atoms with Crippen molar-refractivity contribution in [2.45, 2.75) is 65.1 Å². The third kappa shape index (κ3) is 13.9. The van der Waals surface area contributed by atoms with Gasteiger partial charge in [0, 0.05) is 6.61 Å². The molecule has 16 heavy (non-hydrogen) atoms. The van der Waals surface area contributed by atoms with Gasteiger partial charge >= 0.3 is 5.97 Å². The predicted molar refractivity (Wildman–Crippen MR) is 72.0 cm³/mol. The highest BCUT2D eigenvalue weighted by Crippen LogP contribution is 2.22. The Balaban J connectivity index is 0. The molecule has 0 saturated carbocycles. The van der Waals surface area contributed by atoms with Crippen molar-refractivity contribution in [2.75, 3.05) is 6.61 Å². The van der Waals surface area contributed by atoms with Gasteiger partial charge in [0.05, 0.1) is 12.0 Å². The molecular formula is C12H27O3P. The molecule has 0 aliphatic rings. The topological polar surface area (TPSA) is 46.5 Å². The molecule has 0 bridgehead atoms. The Morgan fingerprint density at radius 2 is 1.69 bits per heavy atom. The number of ether oxygens (including phenoxy) is 1. The molecule has 0 fully saturated rings. The van der Waals surface area contributed by atoms with E-state index in [1.54, 1.807) is 13.8 Å². The van der Waals surface area contributed by atoms with Crippen molar-refractivity contribution in [1.82, 2.24) is 0 Å². The van der Waals surface area contributed by atoms with E-state index in [9.17, 15) is 4.79 Å². The van der Waals surface area contributed by atoms with Gasteiger partial charge in [0.25, 0.3) is 0 Å². The molecular weight excluding hydrogens is 223 g/mol. The molecule has 0 aromatic carbocycles. The van der Waals surface area contributed by atoms with Gasteiger partial charge in [-0.15, -0.1) is 9.24 Å². The first-order valence-corrected chi connectivity index (χ1v) is 6.35. The summed E-state index contributed by atoms with van der Waals surface area (Å²) in [6.07, 6.45) is 0.949. The molecule has 1 unspecified atom stereocenters. The molecule has 0 aromatic heterocycles. The minimum atomic E-state index is -0.819. The smallest absolute Gasteiger partial charge is 0.306 e. The van der Waals surface area contributed by atoms with E-state index in [-0.39, 0.29) is 11.6 Å². The number of aliphatic carboxylic acids is 1. The fraction of sp³-hybridized carbons (Fsp3) is 0.917. The largest absolute Gasteiger partial charge is 0.481 e. The van der Waals surface area contributed by atoms with Crippen LogP contribution in [0.4, 0.5) is 0 Å². The van der Waals surface area contributed by atoms with Gasteiger partial charge in [-0.1, -0.05) is 27.7 Å². The van der Waals surface area contributed by atoms with Gasteiger partial charge in [-0.25, -0.2) is 0 Å². The normalized spacial score (nSPS) is 11.7. The van der Waals surface area contributed by atoms with Crippen LogP contribution < -0.4 is 0 Å². The van der Waals surface area contributed by atoms with Gasteiger partial charge in [-0.3, -0.25) is 4.79 Å². The number of hydrogen-bond donors (Lipinski definition) is 1. The zero-order chi connectivity index (χ0) is 13.4. The number of carbonyl (C=O) groups is 1. The number of carboxylic acids is 1. The molecule has 0 rings (SSSR count). The van der Waals surface area contributed by atoms with Gasteiger partial charge in [0.2, 0.25) is 0 Å². The van der Waals surface area contributed by atoms with E-state index in [1.165, 1.54) is 0 Å². The monoisotopic (exact) mass is 250 g/mol. The predicted octanol–water partition coefficient (Wildman–Crippen LogP) is 3.33. The summed E-state index contributed by atoms with van der Waals surface area (Å²) in [5.74, 6) is -0.819. The third-order valence-electron chi connectivity index (χ3n) is 1.82. The Morgan fingerprint density at radius 3 is 2.00 bits per heavy atom. The van der Waals surface area contributed by atoms with Crippen molar-refractivity contribution in [3.05, 3.63) is 0 Å². The maximum atomic E-state index is 10.5. The SMILES string of the molecule is CC.CC(C)(P)CCOC(C)(C)CC(=O)O. The quantitative estimate of drug-likeness (QED) is 0.735. The molecule has 0 heterocycles. The second-order valence-electron chi connectivity index (χ2n) is 4.92. The van der Waals surface area contributed by atoms with Gasteiger partial charge in [0.15, 0.2) is 0 Å². The van der Waals surface area contributed by atoms with Gasteiger partial charge in [-0.05, 0) is 25.4 Å². The molecule has 0 aromatic rings. The maximum absolute atomic E-state index is 10.5. The zero-order valence-corrected chi connectivity index (χ0v) is 12.6. The molecule has 0 spiro atoms. The molecule has 4 heteroatoms. The van der Waals surface area contributed by atoms with Crippen LogP contribution in [0, 0.1) is 0 Å². The minimum Gasteiger partial charge on any atom is -0.481 e. The van der Waals surface area contributed by atoms with Crippen molar-refractivity contribution in [3.63, 3.8) is 0 Å². The first-order chi connectivity index (χ1) is 7.12. The molecule has 0 aliphatic heterocycles. The first kappa shape index (κ1) is 18.2. The fourth-order valence-electron chi connectivity index (χ4n) is 1.01. The van der Waals surface area contributed by atoms with Crippen LogP contribution >= 0.6 is 9.24 Å². The second-order valence-corrected chi connectivity index (χ2v) is 6.48. The van der Waals surface area contributed by atoms with Gasteiger partial charge in [0.1, 0.15) is 0 Å². The van der Waals surface area contributed by atoms with Crippen LogP contribution in [-0.4, -0.2) is 28.4 Å². The lowest BCUT2D eigenvalue weighted by molar-refractivity contribution is -0.143. The summed E-state index contributed by atoms with van der Waals surface area (Å²) in [5.41, 5.74) is -0.568. The van der Waals surface area contributed by atoms with Crippen LogP contribution in [0.3, 0.4) is 0 Å². The molecule has 0 amide bonds. The van der Waals surface area contributed by atoms with Crippen LogP contribution in [0.2, 0.25) is 0 Å². The molecule has 1 N–H and O–H groups in total. The highest BCUT2D eigenvalue weighted by Gasteiger charge is 2.23. The summed E-state index contributed by atoms with van der Waals surface area (Å²) in [4.78, 5) is 10.5. The highest BCUT2D eigenvalue weighted by atomic mass is 31.0. The lowest BCUT2D eigenvalue weighted by Crippen LogP contribution is -2.29. The summed E-state index contributed by atoms with van der Waals surface area (Å²) in [6.45, 7) is 12.4. The Morgan fingerprint density at radius 1 is 1.25 bits per heavy atom. The van der Waals surface area contributed by atoms with Crippen molar-refractivity contribution in [1.29, 1.82) is 0 Å². The van der Waals surface area contributed by atoms with E-state index in [2.05, 4.69) is 23.1 Å². The summed E-state index contributed by atoms with van der Waals surface area (Å²) in [5, 5.41) is 8.78. The molecule has 0 radical (unpaired) electrons. The molecule has 0 saturated heterocycles. The van der Waals surface area contributed by atoms with E-state index in [1.807, 2.05) is 13.8 Å². The van der Waals surface area contributed by atoms with E-state index >= 15 is 0 Å². The maximum Gasteiger partial charge on any atom is 0.306 e.